The van der Waals surface area contributed by atoms with E-state index < -0.39 is 0 Å². The second kappa shape index (κ2) is 5.08. The Kier molecular flexibility index (Phi) is 3.29. The lowest BCUT2D eigenvalue weighted by atomic mass is 10.2. The Bertz CT molecular complexity index is 550. The number of nitrogens with zero attached hydrogens (tertiary/aromatic N) is 5. The lowest BCUT2D eigenvalue weighted by Gasteiger charge is -2.17. The topological polar surface area (TPSA) is 81.1 Å². The van der Waals surface area contributed by atoms with Crippen LogP contribution >= 0.6 is 0 Å². The van der Waals surface area contributed by atoms with Gasteiger partial charge in [-0.25, -0.2) is 0 Å². The average Bonchev–Trinajstić information content (AvgIpc) is 3.06. The van der Waals surface area contributed by atoms with Gasteiger partial charge in [-0.05, 0) is 26.3 Å². The monoisotopic (exact) mass is 263 g/mol. The van der Waals surface area contributed by atoms with Crippen molar-refractivity contribution in [3.05, 3.63) is 23.4 Å². The van der Waals surface area contributed by atoms with Gasteiger partial charge in [-0.15, -0.1) is 0 Å². The quantitative estimate of drug-likeness (QED) is 0.823. The fourth-order valence-corrected chi connectivity index (χ4v) is 2.38. The number of aryl methyl sites for hydroxylation is 1. The zero-order valence-electron chi connectivity index (χ0n) is 11.2. The van der Waals surface area contributed by atoms with Gasteiger partial charge in [0, 0.05) is 13.0 Å². The maximum atomic E-state index is 5.26. The van der Waals surface area contributed by atoms with E-state index in [0.717, 1.165) is 13.1 Å². The Hall–Kier alpha value is -1.76. The third-order valence-electron chi connectivity index (χ3n) is 3.42. The molecule has 102 valence electrons. The number of hydrogen-bond acceptors (Lipinski definition) is 7. The number of aromatic nitrogens is 4. The highest BCUT2D eigenvalue weighted by molar-refractivity contribution is 4.98. The summed E-state index contributed by atoms with van der Waals surface area (Å²) in [5.74, 6) is 2.38. The summed E-state index contributed by atoms with van der Waals surface area (Å²) in [6, 6.07) is 0.593. The molecule has 1 aliphatic rings. The van der Waals surface area contributed by atoms with Gasteiger partial charge in [-0.2, -0.15) is 9.97 Å². The first-order valence-electron chi connectivity index (χ1n) is 6.55. The van der Waals surface area contributed by atoms with Crippen molar-refractivity contribution in [2.45, 2.75) is 45.7 Å². The Morgan fingerprint density at radius 1 is 1.21 bits per heavy atom. The van der Waals surface area contributed by atoms with Crippen LogP contribution in [0.3, 0.4) is 0 Å². The second-order valence-corrected chi connectivity index (χ2v) is 4.97. The van der Waals surface area contributed by atoms with E-state index in [2.05, 4.69) is 32.1 Å². The Balaban J connectivity index is 1.63. The zero-order chi connectivity index (χ0) is 13.2. The van der Waals surface area contributed by atoms with Crippen LogP contribution in [0, 0.1) is 6.92 Å². The van der Waals surface area contributed by atoms with Gasteiger partial charge >= 0.3 is 0 Å². The van der Waals surface area contributed by atoms with Crippen molar-refractivity contribution in [2.75, 3.05) is 6.54 Å². The zero-order valence-corrected chi connectivity index (χ0v) is 11.2. The first-order valence-corrected chi connectivity index (χ1v) is 6.55. The molecule has 0 bridgehead atoms. The van der Waals surface area contributed by atoms with E-state index in [4.69, 9.17) is 9.05 Å². The average molecular weight is 263 g/mol. The molecule has 1 aliphatic heterocycles. The molecule has 1 unspecified atom stereocenters. The smallest absolute Gasteiger partial charge is 0.240 e. The largest absolute Gasteiger partial charge is 0.340 e. The SMILES string of the molecule is Cc1nc(Cc2noc(CN3CCCC3C)n2)no1. The molecule has 19 heavy (non-hydrogen) atoms. The molecule has 1 atom stereocenters. The third-order valence-corrected chi connectivity index (χ3v) is 3.42. The van der Waals surface area contributed by atoms with Crippen LogP contribution < -0.4 is 0 Å². The van der Waals surface area contributed by atoms with Crippen LogP contribution in [0.15, 0.2) is 9.05 Å². The molecule has 0 spiro atoms. The van der Waals surface area contributed by atoms with Crippen molar-refractivity contribution < 1.29 is 9.05 Å². The molecule has 3 rings (SSSR count). The highest BCUT2D eigenvalue weighted by Crippen LogP contribution is 2.18. The molecule has 0 N–H and O–H groups in total. The standard InChI is InChI=1S/C12H17N5O2/c1-8-4-3-5-17(8)7-12-14-11(16-19-12)6-10-13-9(2)18-15-10/h8H,3-7H2,1-2H3. The summed E-state index contributed by atoms with van der Waals surface area (Å²) in [5.41, 5.74) is 0. The van der Waals surface area contributed by atoms with Gasteiger partial charge in [0.15, 0.2) is 11.6 Å². The summed E-state index contributed by atoms with van der Waals surface area (Å²) in [7, 11) is 0. The van der Waals surface area contributed by atoms with Crippen molar-refractivity contribution in [1.29, 1.82) is 0 Å². The van der Waals surface area contributed by atoms with Crippen molar-refractivity contribution in [2.24, 2.45) is 0 Å². The first-order chi connectivity index (χ1) is 9.20. The van der Waals surface area contributed by atoms with Crippen molar-refractivity contribution in [3.63, 3.8) is 0 Å². The van der Waals surface area contributed by atoms with E-state index >= 15 is 0 Å². The van der Waals surface area contributed by atoms with E-state index in [1.165, 1.54) is 12.8 Å². The van der Waals surface area contributed by atoms with Crippen LogP contribution in [0.1, 0.15) is 43.2 Å². The molecule has 3 heterocycles. The van der Waals surface area contributed by atoms with Crippen LogP contribution in [-0.4, -0.2) is 37.8 Å². The molecule has 7 heteroatoms. The molecule has 7 nitrogen and oxygen atoms in total. The van der Waals surface area contributed by atoms with Crippen LogP contribution in [0.2, 0.25) is 0 Å². The lowest BCUT2D eigenvalue weighted by molar-refractivity contribution is 0.221. The molecule has 0 aromatic carbocycles. The Morgan fingerprint density at radius 3 is 2.68 bits per heavy atom. The predicted molar refractivity (Wildman–Crippen MR) is 65.2 cm³/mol. The lowest BCUT2D eigenvalue weighted by Crippen LogP contribution is -2.26. The van der Waals surface area contributed by atoms with E-state index in [-0.39, 0.29) is 0 Å². The molecule has 0 saturated carbocycles. The summed E-state index contributed by atoms with van der Waals surface area (Å²) in [6.07, 6.45) is 2.92. The van der Waals surface area contributed by atoms with Gasteiger partial charge in [0.2, 0.25) is 11.8 Å². The third kappa shape index (κ3) is 2.81. The molecular weight excluding hydrogens is 246 g/mol. The minimum absolute atomic E-state index is 0.441. The first kappa shape index (κ1) is 12.3. The summed E-state index contributed by atoms with van der Waals surface area (Å²) < 4.78 is 10.2. The van der Waals surface area contributed by atoms with E-state index in [1.807, 2.05) is 0 Å². The van der Waals surface area contributed by atoms with Gasteiger partial charge in [-0.1, -0.05) is 10.3 Å². The summed E-state index contributed by atoms with van der Waals surface area (Å²) in [6.45, 7) is 5.81. The molecule has 1 fully saturated rings. The molecule has 0 radical (unpaired) electrons. The van der Waals surface area contributed by atoms with Crippen LogP contribution in [0.4, 0.5) is 0 Å². The minimum Gasteiger partial charge on any atom is -0.340 e. The van der Waals surface area contributed by atoms with Crippen molar-refractivity contribution in [3.8, 4) is 0 Å². The highest BCUT2D eigenvalue weighted by atomic mass is 16.5. The normalized spacial score (nSPS) is 20.2. The Labute approximate surface area is 111 Å². The predicted octanol–water partition coefficient (Wildman–Crippen LogP) is 1.34. The summed E-state index contributed by atoms with van der Waals surface area (Å²) in [5, 5.41) is 7.77. The van der Waals surface area contributed by atoms with Crippen molar-refractivity contribution in [1.82, 2.24) is 25.2 Å². The van der Waals surface area contributed by atoms with Gasteiger partial charge in [-0.3, -0.25) is 4.90 Å². The van der Waals surface area contributed by atoms with E-state index in [0.29, 0.717) is 35.9 Å². The molecular formula is C12H17N5O2. The highest BCUT2D eigenvalue weighted by Gasteiger charge is 2.22. The molecule has 2 aromatic heterocycles. The minimum atomic E-state index is 0.441. The van der Waals surface area contributed by atoms with Crippen molar-refractivity contribution >= 4 is 0 Å². The molecule has 0 amide bonds. The van der Waals surface area contributed by atoms with Crippen LogP contribution in [0.5, 0.6) is 0 Å². The van der Waals surface area contributed by atoms with Gasteiger partial charge in [0.25, 0.3) is 0 Å². The number of rotatable bonds is 4. The maximum Gasteiger partial charge on any atom is 0.240 e. The Morgan fingerprint density at radius 2 is 2.00 bits per heavy atom. The molecule has 2 aromatic rings. The van der Waals surface area contributed by atoms with Gasteiger partial charge < -0.3 is 9.05 Å². The van der Waals surface area contributed by atoms with E-state index in [1.54, 1.807) is 6.92 Å². The fourth-order valence-electron chi connectivity index (χ4n) is 2.38. The molecule has 0 aliphatic carbocycles. The van der Waals surface area contributed by atoms with Gasteiger partial charge in [0.1, 0.15) is 0 Å². The second-order valence-electron chi connectivity index (χ2n) is 4.97. The van der Waals surface area contributed by atoms with Gasteiger partial charge in [0.05, 0.1) is 13.0 Å². The van der Waals surface area contributed by atoms with E-state index in [9.17, 15) is 0 Å². The molecule has 1 saturated heterocycles. The summed E-state index contributed by atoms with van der Waals surface area (Å²) in [4.78, 5) is 10.8. The summed E-state index contributed by atoms with van der Waals surface area (Å²) >= 11 is 0. The number of hydrogen-bond donors (Lipinski definition) is 0. The fraction of sp³-hybridized carbons (Fsp3) is 0.667. The van der Waals surface area contributed by atoms with Crippen LogP contribution in [0.25, 0.3) is 0 Å². The van der Waals surface area contributed by atoms with Crippen LogP contribution in [-0.2, 0) is 13.0 Å². The number of likely N-dealkylation sites (tertiary alicyclic amines) is 1. The maximum absolute atomic E-state index is 5.26.